The Morgan fingerprint density at radius 1 is 1.50 bits per heavy atom. The van der Waals surface area contributed by atoms with E-state index in [2.05, 4.69) is 10.5 Å². The number of hydrogen-bond acceptors (Lipinski definition) is 4. The normalized spacial score (nSPS) is 10.7. The van der Waals surface area contributed by atoms with Crippen LogP contribution in [-0.4, -0.2) is 18.7 Å². The molecule has 0 unspecified atom stereocenters. The van der Waals surface area contributed by atoms with Gasteiger partial charge in [0.15, 0.2) is 6.61 Å². The summed E-state index contributed by atoms with van der Waals surface area (Å²) in [7, 11) is 0. The van der Waals surface area contributed by atoms with Gasteiger partial charge in [-0.25, -0.2) is 5.43 Å². The zero-order chi connectivity index (χ0) is 14.4. The Morgan fingerprint density at radius 2 is 2.35 bits per heavy atom. The highest BCUT2D eigenvalue weighted by Crippen LogP contribution is 2.21. The highest BCUT2D eigenvalue weighted by atomic mass is 35.5. The number of carbonyl (C=O) groups excluding carboxylic acids is 1. The molecule has 0 bridgehead atoms. The molecule has 2 aromatic rings. The Labute approximate surface area is 121 Å². The quantitative estimate of drug-likeness (QED) is 0.681. The lowest BCUT2D eigenvalue weighted by atomic mass is 10.2. The van der Waals surface area contributed by atoms with Gasteiger partial charge in [-0.05, 0) is 36.8 Å². The average Bonchev–Trinajstić information content (AvgIpc) is 2.91. The van der Waals surface area contributed by atoms with Crippen molar-refractivity contribution in [1.82, 2.24) is 5.43 Å². The predicted molar refractivity (Wildman–Crippen MR) is 76.1 cm³/mol. The zero-order valence-corrected chi connectivity index (χ0v) is 11.6. The fraction of sp³-hybridized carbons (Fsp3) is 0.143. The number of carbonyl (C=O) groups is 1. The molecule has 0 aliphatic rings. The van der Waals surface area contributed by atoms with Gasteiger partial charge in [-0.2, -0.15) is 5.10 Å². The van der Waals surface area contributed by atoms with Crippen molar-refractivity contribution in [2.24, 2.45) is 5.10 Å². The summed E-state index contributed by atoms with van der Waals surface area (Å²) in [5.41, 5.74) is 3.99. The van der Waals surface area contributed by atoms with Gasteiger partial charge in [0.2, 0.25) is 0 Å². The summed E-state index contributed by atoms with van der Waals surface area (Å²) in [6.45, 7) is 1.74. The van der Waals surface area contributed by atoms with Crippen LogP contribution in [0.1, 0.15) is 11.1 Å². The van der Waals surface area contributed by atoms with Crippen LogP contribution in [0.4, 0.5) is 0 Å². The van der Waals surface area contributed by atoms with E-state index >= 15 is 0 Å². The molecule has 0 saturated heterocycles. The Morgan fingerprint density at radius 3 is 3.05 bits per heavy atom. The van der Waals surface area contributed by atoms with E-state index in [-0.39, 0.29) is 12.5 Å². The lowest BCUT2D eigenvalue weighted by Gasteiger charge is -2.08. The minimum Gasteiger partial charge on any atom is -0.483 e. The summed E-state index contributed by atoms with van der Waals surface area (Å²) in [6.07, 6.45) is 4.52. The number of ether oxygens (including phenoxy) is 1. The summed E-state index contributed by atoms with van der Waals surface area (Å²) < 4.78 is 10.2. The number of hydrazone groups is 1. The van der Waals surface area contributed by atoms with E-state index in [9.17, 15) is 4.79 Å². The molecule has 2 rings (SSSR count). The average molecular weight is 293 g/mol. The van der Waals surface area contributed by atoms with Crippen LogP contribution in [0.5, 0.6) is 5.75 Å². The van der Waals surface area contributed by atoms with Crippen molar-refractivity contribution < 1.29 is 13.9 Å². The van der Waals surface area contributed by atoms with Gasteiger partial charge in [0.05, 0.1) is 18.7 Å². The second kappa shape index (κ2) is 6.77. The summed E-state index contributed by atoms with van der Waals surface area (Å²) in [4.78, 5) is 11.5. The molecule has 20 heavy (non-hydrogen) atoms. The molecule has 0 fully saturated rings. The van der Waals surface area contributed by atoms with Crippen molar-refractivity contribution >= 4 is 23.7 Å². The van der Waals surface area contributed by atoms with Gasteiger partial charge >= 0.3 is 0 Å². The number of hydrogen-bond donors (Lipinski definition) is 1. The highest BCUT2D eigenvalue weighted by Gasteiger charge is 2.04. The summed E-state index contributed by atoms with van der Waals surface area (Å²) in [6, 6.07) is 6.92. The monoisotopic (exact) mass is 292 g/mol. The van der Waals surface area contributed by atoms with E-state index in [1.807, 2.05) is 6.92 Å². The first-order valence-corrected chi connectivity index (χ1v) is 6.26. The van der Waals surface area contributed by atoms with E-state index in [1.54, 1.807) is 24.3 Å². The van der Waals surface area contributed by atoms with E-state index in [0.717, 1.165) is 11.1 Å². The summed E-state index contributed by atoms with van der Waals surface area (Å²) in [5.74, 6) is 0.266. The van der Waals surface area contributed by atoms with Crippen LogP contribution in [0, 0.1) is 6.92 Å². The van der Waals surface area contributed by atoms with Crippen LogP contribution >= 0.6 is 11.6 Å². The molecule has 1 heterocycles. The molecule has 104 valence electrons. The van der Waals surface area contributed by atoms with Gasteiger partial charge in [-0.3, -0.25) is 4.79 Å². The number of benzene rings is 1. The van der Waals surface area contributed by atoms with Gasteiger partial charge in [-0.15, -0.1) is 0 Å². The van der Waals surface area contributed by atoms with Crippen molar-refractivity contribution in [3.8, 4) is 5.75 Å². The molecule has 0 aliphatic heterocycles. The third-order valence-electron chi connectivity index (χ3n) is 2.44. The lowest BCUT2D eigenvalue weighted by Crippen LogP contribution is -2.24. The zero-order valence-electron chi connectivity index (χ0n) is 10.8. The standard InChI is InChI=1S/C14H13ClN2O3/c1-10-6-12(15)2-3-13(10)20-9-14(18)17-16-7-11-4-5-19-8-11/h2-8H,9H2,1H3,(H,17,18). The second-order valence-corrected chi connectivity index (χ2v) is 4.48. The highest BCUT2D eigenvalue weighted by molar-refractivity contribution is 6.30. The molecule has 0 spiro atoms. The van der Waals surface area contributed by atoms with Crippen LogP contribution in [0.3, 0.4) is 0 Å². The first-order chi connectivity index (χ1) is 9.65. The van der Waals surface area contributed by atoms with Crippen molar-refractivity contribution in [1.29, 1.82) is 0 Å². The molecule has 5 nitrogen and oxygen atoms in total. The van der Waals surface area contributed by atoms with Crippen molar-refractivity contribution in [2.75, 3.05) is 6.61 Å². The second-order valence-electron chi connectivity index (χ2n) is 4.05. The van der Waals surface area contributed by atoms with Gasteiger partial charge in [-0.1, -0.05) is 11.6 Å². The van der Waals surface area contributed by atoms with Gasteiger partial charge in [0.25, 0.3) is 5.91 Å². The summed E-state index contributed by atoms with van der Waals surface area (Å²) >= 11 is 5.84. The van der Waals surface area contributed by atoms with Gasteiger partial charge < -0.3 is 9.15 Å². The van der Waals surface area contributed by atoms with E-state index < -0.39 is 0 Å². The predicted octanol–water partition coefficient (Wildman–Crippen LogP) is 2.77. The molecule has 6 heteroatoms. The lowest BCUT2D eigenvalue weighted by molar-refractivity contribution is -0.123. The topological polar surface area (TPSA) is 63.8 Å². The number of nitrogens with zero attached hydrogens (tertiary/aromatic N) is 1. The molecule has 1 amide bonds. The van der Waals surface area contributed by atoms with Crippen LogP contribution < -0.4 is 10.2 Å². The molecule has 1 N–H and O–H groups in total. The molecule has 0 radical (unpaired) electrons. The number of nitrogens with one attached hydrogen (secondary N) is 1. The van der Waals surface area contributed by atoms with Crippen LogP contribution in [0.2, 0.25) is 5.02 Å². The van der Waals surface area contributed by atoms with Gasteiger partial charge in [0.1, 0.15) is 5.75 Å². The molecule has 0 saturated carbocycles. The molecule has 0 aliphatic carbocycles. The van der Waals surface area contributed by atoms with Crippen molar-refractivity contribution in [2.45, 2.75) is 6.92 Å². The fourth-order valence-electron chi connectivity index (χ4n) is 1.48. The van der Waals surface area contributed by atoms with E-state index in [1.165, 1.54) is 18.7 Å². The third kappa shape index (κ3) is 4.13. The molecule has 1 aromatic carbocycles. The molecule has 1 aromatic heterocycles. The number of aryl methyl sites for hydroxylation is 1. The largest absolute Gasteiger partial charge is 0.483 e. The maximum absolute atomic E-state index is 11.5. The fourth-order valence-corrected chi connectivity index (χ4v) is 1.70. The smallest absolute Gasteiger partial charge is 0.277 e. The maximum atomic E-state index is 11.5. The van der Waals surface area contributed by atoms with E-state index in [4.69, 9.17) is 20.8 Å². The minimum atomic E-state index is -0.348. The first kappa shape index (κ1) is 14.1. The Balaban J connectivity index is 1.80. The summed E-state index contributed by atoms with van der Waals surface area (Å²) in [5, 5.41) is 4.41. The number of rotatable bonds is 5. The van der Waals surface area contributed by atoms with Crippen molar-refractivity contribution in [3.63, 3.8) is 0 Å². The number of amides is 1. The van der Waals surface area contributed by atoms with Crippen LogP contribution in [0.25, 0.3) is 0 Å². The minimum absolute atomic E-state index is 0.120. The SMILES string of the molecule is Cc1cc(Cl)ccc1OCC(=O)NN=Cc1ccoc1. The Hall–Kier alpha value is -2.27. The third-order valence-corrected chi connectivity index (χ3v) is 2.68. The van der Waals surface area contributed by atoms with Gasteiger partial charge in [0, 0.05) is 10.6 Å². The number of furan rings is 1. The van der Waals surface area contributed by atoms with Crippen LogP contribution in [0.15, 0.2) is 46.3 Å². The Kier molecular flexibility index (Phi) is 4.79. The van der Waals surface area contributed by atoms with Crippen LogP contribution in [-0.2, 0) is 4.79 Å². The van der Waals surface area contributed by atoms with Crippen molar-refractivity contribution in [3.05, 3.63) is 52.9 Å². The Bertz CT molecular complexity index is 609. The molecular formula is C14H13ClN2O3. The first-order valence-electron chi connectivity index (χ1n) is 5.88. The molecule has 0 atom stereocenters. The van der Waals surface area contributed by atoms with E-state index in [0.29, 0.717) is 10.8 Å². The molecular weight excluding hydrogens is 280 g/mol. The number of halogens is 1. The maximum Gasteiger partial charge on any atom is 0.277 e.